The molecule has 0 fully saturated rings. The summed E-state index contributed by atoms with van der Waals surface area (Å²) in [5.74, 6) is 0.310. The summed E-state index contributed by atoms with van der Waals surface area (Å²) in [5.41, 5.74) is -0.247. The third kappa shape index (κ3) is 5.92. The van der Waals surface area contributed by atoms with E-state index in [2.05, 4.69) is 20.4 Å². The molecular weight excluding hydrogens is 384 g/mol. The fourth-order valence-corrected chi connectivity index (χ4v) is 1.83. The lowest BCUT2D eigenvalue weighted by Crippen LogP contribution is -2.01. The monoisotopic (exact) mass is 398 g/mol. The van der Waals surface area contributed by atoms with Crippen LogP contribution in [0.5, 0.6) is 11.8 Å². The van der Waals surface area contributed by atoms with E-state index in [9.17, 15) is 17.6 Å². The van der Waals surface area contributed by atoms with Crippen LogP contribution in [-0.4, -0.2) is 39.7 Å². The summed E-state index contributed by atoms with van der Waals surface area (Å²) >= 11 is 5.49. The van der Waals surface area contributed by atoms with Crippen molar-refractivity contribution in [3.63, 3.8) is 0 Å². The van der Waals surface area contributed by atoms with Gasteiger partial charge in [0.05, 0.1) is 26.7 Å². The first-order valence-electron chi connectivity index (χ1n) is 6.91. The van der Waals surface area contributed by atoms with Gasteiger partial charge in [0.2, 0.25) is 11.8 Å². The highest BCUT2D eigenvalue weighted by Gasteiger charge is 2.14. The lowest BCUT2D eigenvalue weighted by Gasteiger charge is -2.05. The minimum atomic E-state index is -2.69. The van der Waals surface area contributed by atoms with Crippen LogP contribution in [0.1, 0.15) is 35.4 Å². The molecular formula is C14H15ClF4N4O3. The minimum absolute atomic E-state index is 0.0619. The van der Waals surface area contributed by atoms with Crippen LogP contribution in [0.25, 0.3) is 0 Å². The molecule has 26 heavy (non-hydrogen) atoms. The molecule has 0 spiro atoms. The van der Waals surface area contributed by atoms with Crippen molar-refractivity contribution in [1.29, 1.82) is 0 Å². The predicted molar refractivity (Wildman–Crippen MR) is 82.6 cm³/mol. The number of alkyl halides is 5. The molecule has 0 aliphatic heterocycles. The molecule has 2 aromatic heterocycles. The van der Waals surface area contributed by atoms with Crippen LogP contribution in [0.3, 0.4) is 0 Å². The van der Waals surface area contributed by atoms with Crippen LogP contribution in [0.4, 0.5) is 17.6 Å². The minimum Gasteiger partial charge on any atom is -0.480 e. The Labute approximate surface area is 150 Å². The van der Waals surface area contributed by atoms with Gasteiger partial charge in [-0.25, -0.2) is 17.6 Å². The van der Waals surface area contributed by atoms with Crippen molar-refractivity contribution in [2.24, 2.45) is 0 Å². The average molecular weight is 399 g/mol. The van der Waals surface area contributed by atoms with Crippen molar-refractivity contribution in [2.75, 3.05) is 14.2 Å². The highest BCUT2D eigenvalue weighted by atomic mass is 35.5. The maximum atomic E-state index is 12.1. The maximum absolute atomic E-state index is 12.1. The lowest BCUT2D eigenvalue weighted by atomic mass is 10.2. The number of aliphatic hydroxyl groups excluding tert-OH is 1. The summed E-state index contributed by atoms with van der Waals surface area (Å²) in [6.07, 6.45) is -5.33. The summed E-state index contributed by atoms with van der Waals surface area (Å²) in [6, 6.07) is 2.25. The fourth-order valence-electron chi connectivity index (χ4n) is 1.64. The Morgan fingerprint density at radius 2 is 1.31 bits per heavy atom. The molecule has 1 N–H and O–H groups in total. The molecule has 0 bridgehead atoms. The summed E-state index contributed by atoms with van der Waals surface area (Å²) < 4.78 is 57.9. The molecule has 2 rings (SSSR count). The van der Waals surface area contributed by atoms with Gasteiger partial charge >= 0.3 is 0 Å². The summed E-state index contributed by atoms with van der Waals surface area (Å²) in [4.78, 5) is 0. The van der Waals surface area contributed by atoms with Gasteiger partial charge < -0.3 is 14.6 Å². The fraction of sp³-hybridized carbons (Fsp3) is 0.429. The van der Waals surface area contributed by atoms with Crippen LogP contribution in [-0.2, 0) is 12.5 Å². The molecule has 0 saturated heterocycles. The van der Waals surface area contributed by atoms with Gasteiger partial charge in [0.15, 0.2) is 0 Å². The van der Waals surface area contributed by atoms with Crippen molar-refractivity contribution >= 4 is 11.6 Å². The number of hydrogen-bond donors (Lipinski definition) is 1. The first-order chi connectivity index (χ1) is 12.4. The lowest BCUT2D eigenvalue weighted by molar-refractivity contribution is 0.143. The van der Waals surface area contributed by atoms with E-state index in [0.29, 0.717) is 5.56 Å². The molecule has 12 heteroatoms. The number of ether oxygens (including phenoxy) is 2. The zero-order chi connectivity index (χ0) is 19.7. The maximum Gasteiger partial charge on any atom is 0.282 e. The number of nitrogens with zero attached hydrogens (tertiary/aromatic N) is 4. The van der Waals surface area contributed by atoms with Crippen molar-refractivity contribution in [3.8, 4) is 11.8 Å². The van der Waals surface area contributed by atoms with E-state index >= 15 is 0 Å². The molecule has 0 atom stereocenters. The Morgan fingerprint density at radius 3 is 1.65 bits per heavy atom. The second-order valence-corrected chi connectivity index (χ2v) is 4.77. The van der Waals surface area contributed by atoms with E-state index in [-0.39, 0.29) is 23.2 Å². The Balaban J connectivity index is 0.000000260. The van der Waals surface area contributed by atoms with Gasteiger partial charge in [-0.1, -0.05) is 0 Å². The van der Waals surface area contributed by atoms with E-state index in [4.69, 9.17) is 26.2 Å². The highest BCUT2D eigenvalue weighted by molar-refractivity contribution is 6.17. The Kier molecular flexibility index (Phi) is 8.93. The third-order valence-electron chi connectivity index (χ3n) is 2.85. The Morgan fingerprint density at radius 1 is 0.885 bits per heavy atom. The van der Waals surface area contributed by atoms with Gasteiger partial charge in [-0.15, -0.1) is 32.0 Å². The summed E-state index contributed by atoms with van der Waals surface area (Å²) in [7, 11) is 2.70. The van der Waals surface area contributed by atoms with Crippen LogP contribution >= 0.6 is 11.6 Å². The quantitative estimate of drug-likeness (QED) is 0.590. The van der Waals surface area contributed by atoms with Gasteiger partial charge in [0.25, 0.3) is 12.9 Å². The van der Waals surface area contributed by atoms with Crippen LogP contribution in [0.2, 0.25) is 0 Å². The number of hydrogen-bond acceptors (Lipinski definition) is 7. The van der Waals surface area contributed by atoms with Crippen LogP contribution < -0.4 is 9.47 Å². The van der Waals surface area contributed by atoms with E-state index < -0.39 is 30.8 Å². The zero-order valence-electron chi connectivity index (χ0n) is 13.7. The molecule has 0 amide bonds. The molecule has 7 nitrogen and oxygen atoms in total. The Hall–Kier alpha value is -2.27. The van der Waals surface area contributed by atoms with Gasteiger partial charge in [-0.2, -0.15) is 0 Å². The molecule has 2 aromatic rings. The first-order valence-corrected chi connectivity index (χ1v) is 7.45. The third-order valence-corrected chi connectivity index (χ3v) is 3.14. The van der Waals surface area contributed by atoms with Crippen LogP contribution in [0.15, 0.2) is 12.1 Å². The molecule has 0 aliphatic rings. The molecule has 0 unspecified atom stereocenters. The number of aliphatic hydroxyl groups is 1. The van der Waals surface area contributed by atoms with Crippen molar-refractivity contribution in [2.45, 2.75) is 25.3 Å². The number of methoxy groups -OCH3 is 2. The van der Waals surface area contributed by atoms with Gasteiger partial charge in [-0.3, -0.25) is 0 Å². The average Bonchev–Trinajstić information content (AvgIpc) is 2.66. The normalized spacial score (nSPS) is 10.5. The number of halogens is 5. The SMILES string of the molecule is COc1nnc(C(F)F)cc1CCl.COc1nnc(C(F)F)cc1CO. The number of rotatable bonds is 6. The van der Waals surface area contributed by atoms with E-state index in [0.717, 1.165) is 6.07 Å². The molecule has 0 aliphatic carbocycles. The molecule has 0 radical (unpaired) electrons. The molecule has 144 valence electrons. The van der Waals surface area contributed by atoms with Crippen molar-refractivity contribution < 1.29 is 32.1 Å². The smallest absolute Gasteiger partial charge is 0.282 e. The summed E-state index contributed by atoms with van der Waals surface area (Å²) in [5, 5.41) is 22.1. The van der Waals surface area contributed by atoms with Crippen molar-refractivity contribution in [3.05, 3.63) is 34.6 Å². The second-order valence-electron chi connectivity index (χ2n) is 4.50. The molecule has 2 heterocycles. The van der Waals surface area contributed by atoms with E-state index in [1.54, 1.807) is 0 Å². The number of aromatic nitrogens is 4. The van der Waals surface area contributed by atoms with E-state index in [1.165, 1.54) is 20.3 Å². The predicted octanol–water partition coefficient (Wildman–Crippen LogP) is 3.08. The topological polar surface area (TPSA) is 90.3 Å². The second kappa shape index (κ2) is 10.7. The van der Waals surface area contributed by atoms with Gasteiger partial charge in [-0.05, 0) is 12.1 Å². The van der Waals surface area contributed by atoms with Gasteiger partial charge in [0, 0.05) is 11.1 Å². The van der Waals surface area contributed by atoms with E-state index in [1.807, 2.05) is 0 Å². The largest absolute Gasteiger partial charge is 0.480 e. The molecule has 0 saturated carbocycles. The summed E-state index contributed by atoms with van der Waals surface area (Å²) in [6.45, 7) is -0.404. The Bertz CT molecular complexity index is 650. The first kappa shape index (κ1) is 21.8. The molecule has 0 aromatic carbocycles. The zero-order valence-corrected chi connectivity index (χ0v) is 14.4. The standard InChI is InChI=1S/C7H7ClF2N2O.C7H8F2N2O2/c1-13-7-4(3-8)2-5(6(9)10)11-12-7;1-13-7-4(3-12)2-5(6(8)9)10-11-7/h2,6H,3H2,1H3;2,6,12H,3H2,1H3. The highest BCUT2D eigenvalue weighted by Crippen LogP contribution is 2.22. The van der Waals surface area contributed by atoms with Gasteiger partial charge in [0.1, 0.15) is 11.4 Å². The van der Waals surface area contributed by atoms with Crippen LogP contribution in [0, 0.1) is 0 Å². The van der Waals surface area contributed by atoms with Crippen molar-refractivity contribution in [1.82, 2.24) is 20.4 Å².